The van der Waals surface area contributed by atoms with Crippen molar-refractivity contribution in [3.8, 4) is 0 Å². The van der Waals surface area contributed by atoms with Crippen molar-refractivity contribution in [1.82, 2.24) is 20.0 Å². The monoisotopic (exact) mass is 524 g/mol. The molecule has 38 heavy (non-hydrogen) atoms. The first-order valence-corrected chi connectivity index (χ1v) is 12.9. The van der Waals surface area contributed by atoms with Crippen molar-refractivity contribution in [1.29, 1.82) is 0 Å². The van der Waals surface area contributed by atoms with Crippen LogP contribution in [-0.2, 0) is 19.2 Å². The fourth-order valence-corrected chi connectivity index (χ4v) is 5.36. The summed E-state index contributed by atoms with van der Waals surface area (Å²) in [6, 6.07) is 11.6. The number of hydrogen-bond donors (Lipinski definition) is 4. The quantitative estimate of drug-likeness (QED) is 0.408. The van der Waals surface area contributed by atoms with Gasteiger partial charge in [0.05, 0.1) is 6.17 Å². The molecular weight excluding hydrogens is 488 g/mol. The highest BCUT2D eigenvalue weighted by molar-refractivity contribution is 6.05. The lowest BCUT2D eigenvalue weighted by atomic mass is 10.1. The predicted molar refractivity (Wildman–Crippen MR) is 142 cm³/mol. The van der Waals surface area contributed by atoms with Crippen molar-refractivity contribution < 1.29 is 24.3 Å². The van der Waals surface area contributed by atoms with Crippen LogP contribution >= 0.6 is 0 Å². The molecule has 5 N–H and O–H groups in total. The van der Waals surface area contributed by atoms with Gasteiger partial charge in [0.15, 0.2) is 6.17 Å². The average molecular weight is 525 g/mol. The summed E-state index contributed by atoms with van der Waals surface area (Å²) in [7, 11) is 1.41. The van der Waals surface area contributed by atoms with Gasteiger partial charge in [-0.15, -0.1) is 0 Å². The molecule has 0 radical (unpaired) electrons. The first-order chi connectivity index (χ1) is 18.1. The number of rotatable bonds is 6. The Labute approximate surface area is 221 Å². The third-order valence-electron chi connectivity index (χ3n) is 7.53. The van der Waals surface area contributed by atoms with Crippen LogP contribution in [0.2, 0.25) is 0 Å². The third-order valence-corrected chi connectivity index (χ3v) is 7.53. The number of carbonyl (C=O) groups excluding carboxylic acids is 4. The number of amides is 4. The molecule has 4 amide bonds. The summed E-state index contributed by atoms with van der Waals surface area (Å²) in [4.78, 5) is 56.4. The number of hydrogen-bond acceptors (Lipinski definition) is 7. The van der Waals surface area contributed by atoms with Crippen LogP contribution in [0.3, 0.4) is 0 Å². The largest absolute Gasteiger partial charge is 0.379 e. The van der Waals surface area contributed by atoms with Gasteiger partial charge in [-0.3, -0.25) is 24.1 Å². The van der Waals surface area contributed by atoms with Gasteiger partial charge in [0.2, 0.25) is 17.7 Å². The van der Waals surface area contributed by atoms with Gasteiger partial charge in [-0.05, 0) is 44.1 Å². The van der Waals surface area contributed by atoms with Crippen LogP contribution in [-0.4, -0.2) is 87.7 Å². The SMILES string of the molecule is CC(=O)N(C)[C@@H](N)C(=O)N[C@H]1CCCN(C(C)O)[C@H]2CCC(C(=O)Nc3cccc4ccccc34)N2C1=O. The average Bonchev–Trinajstić information content (AvgIpc) is 3.32. The summed E-state index contributed by atoms with van der Waals surface area (Å²) in [5.41, 5.74) is 6.58. The summed E-state index contributed by atoms with van der Waals surface area (Å²) < 4.78 is 0. The second kappa shape index (κ2) is 11.5. The maximum absolute atomic E-state index is 13.9. The number of fused-ring (bicyclic) bond motifs is 2. The van der Waals surface area contributed by atoms with E-state index in [1.165, 1.54) is 18.9 Å². The van der Waals surface area contributed by atoms with Crippen LogP contribution in [0.4, 0.5) is 5.69 Å². The standard InChI is InChI=1S/C27H36N6O5/c1-16(34)31(3)24(28)26(37)30-21-12-7-15-32(17(2)35)23-14-13-22(33(23)27(21)38)25(36)29-20-11-6-9-18-8-4-5-10-19(18)20/h4-6,8-11,17,21-24,35H,7,12-15,28H2,1-3H3,(H,29,36)(H,30,37)/t17?,21-,22?,23+,24+/m0/s1. The second-order valence-electron chi connectivity index (χ2n) is 9.98. The van der Waals surface area contributed by atoms with E-state index in [9.17, 15) is 24.3 Å². The van der Waals surface area contributed by atoms with Gasteiger partial charge in [0.25, 0.3) is 5.91 Å². The Hall–Kier alpha value is -3.54. The number of nitrogens with one attached hydrogen (secondary N) is 2. The van der Waals surface area contributed by atoms with Crippen LogP contribution in [0.15, 0.2) is 42.5 Å². The summed E-state index contributed by atoms with van der Waals surface area (Å²) >= 11 is 0. The number of nitrogens with zero attached hydrogens (tertiary/aromatic N) is 3. The predicted octanol–water partition coefficient (Wildman–Crippen LogP) is 0.777. The van der Waals surface area contributed by atoms with Crippen molar-refractivity contribution in [2.24, 2.45) is 5.73 Å². The molecule has 2 heterocycles. The fraction of sp³-hybridized carbons (Fsp3) is 0.481. The van der Waals surface area contributed by atoms with E-state index in [1.807, 2.05) is 47.4 Å². The smallest absolute Gasteiger partial charge is 0.258 e. The lowest BCUT2D eigenvalue weighted by molar-refractivity contribution is -0.152. The Kier molecular flexibility index (Phi) is 8.29. The van der Waals surface area contributed by atoms with E-state index >= 15 is 0 Å². The van der Waals surface area contributed by atoms with Crippen molar-refractivity contribution in [2.75, 3.05) is 18.9 Å². The minimum atomic E-state index is -1.25. The van der Waals surface area contributed by atoms with Crippen LogP contribution in [0.1, 0.15) is 39.5 Å². The molecule has 2 aliphatic rings. The van der Waals surface area contributed by atoms with E-state index in [0.717, 1.165) is 15.7 Å². The molecule has 4 rings (SSSR count). The normalized spacial score (nSPS) is 23.7. The Morgan fingerprint density at radius 1 is 1.11 bits per heavy atom. The zero-order chi connectivity index (χ0) is 27.6. The fourth-order valence-electron chi connectivity index (χ4n) is 5.36. The Bertz CT molecular complexity index is 1210. The second-order valence-corrected chi connectivity index (χ2v) is 9.98. The van der Waals surface area contributed by atoms with Crippen LogP contribution in [0.25, 0.3) is 10.8 Å². The molecule has 0 spiro atoms. The molecule has 11 nitrogen and oxygen atoms in total. The molecule has 2 saturated heterocycles. The zero-order valence-electron chi connectivity index (χ0n) is 22.0. The molecule has 2 aromatic carbocycles. The topological polar surface area (TPSA) is 148 Å². The first-order valence-electron chi connectivity index (χ1n) is 12.9. The van der Waals surface area contributed by atoms with Crippen molar-refractivity contribution >= 4 is 40.1 Å². The Morgan fingerprint density at radius 3 is 2.53 bits per heavy atom. The molecule has 0 saturated carbocycles. The maximum Gasteiger partial charge on any atom is 0.258 e. The van der Waals surface area contributed by atoms with Gasteiger partial charge in [-0.2, -0.15) is 0 Å². The van der Waals surface area contributed by atoms with Crippen LogP contribution < -0.4 is 16.4 Å². The molecule has 0 aliphatic carbocycles. The third kappa shape index (κ3) is 5.50. The number of likely N-dealkylation sites (N-methyl/N-ethyl adjacent to an activating group) is 1. The number of benzene rings is 2. The Morgan fingerprint density at radius 2 is 1.82 bits per heavy atom. The number of anilines is 1. The van der Waals surface area contributed by atoms with Gasteiger partial charge in [0.1, 0.15) is 18.3 Å². The van der Waals surface area contributed by atoms with E-state index in [0.29, 0.717) is 37.9 Å². The molecule has 5 atom stereocenters. The number of nitrogens with two attached hydrogens (primary N) is 1. The van der Waals surface area contributed by atoms with Gasteiger partial charge in [-0.25, -0.2) is 0 Å². The highest BCUT2D eigenvalue weighted by Crippen LogP contribution is 2.32. The summed E-state index contributed by atoms with van der Waals surface area (Å²) in [5, 5.41) is 18.0. The number of aliphatic hydroxyl groups is 1. The highest BCUT2D eigenvalue weighted by Gasteiger charge is 2.47. The Balaban J connectivity index is 1.59. The van der Waals surface area contributed by atoms with Crippen LogP contribution in [0, 0.1) is 0 Å². The van der Waals surface area contributed by atoms with Crippen molar-refractivity contribution in [3.05, 3.63) is 42.5 Å². The van der Waals surface area contributed by atoms with Gasteiger partial charge in [0, 0.05) is 31.6 Å². The highest BCUT2D eigenvalue weighted by atomic mass is 16.3. The summed E-state index contributed by atoms with van der Waals surface area (Å²) in [6.45, 7) is 3.42. The van der Waals surface area contributed by atoms with Crippen molar-refractivity contribution in [2.45, 2.75) is 70.2 Å². The molecule has 0 aromatic heterocycles. The summed E-state index contributed by atoms with van der Waals surface area (Å²) in [6.07, 6.45) is -0.833. The molecule has 2 unspecified atom stereocenters. The molecule has 2 aromatic rings. The lowest BCUT2D eigenvalue weighted by Crippen LogP contribution is -2.63. The van der Waals surface area contributed by atoms with Gasteiger partial charge < -0.3 is 31.3 Å². The molecule has 0 bridgehead atoms. The molecular formula is C27H36N6O5. The van der Waals surface area contributed by atoms with E-state index in [1.54, 1.807) is 6.92 Å². The first kappa shape index (κ1) is 27.5. The van der Waals surface area contributed by atoms with E-state index in [-0.39, 0.29) is 11.8 Å². The van der Waals surface area contributed by atoms with E-state index in [2.05, 4.69) is 10.6 Å². The molecule has 2 aliphatic heterocycles. The number of aliphatic hydroxyl groups excluding tert-OH is 1. The summed E-state index contributed by atoms with van der Waals surface area (Å²) in [5.74, 6) is -1.78. The van der Waals surface area contributed by atoms with E-state index < -0.39 is 42.5 Å². The molecule has 11 heteroatoms. The van der Waals surface area contributed by atoms with Crippen LogP contribution in [0.5, 0.6) is 0 Å². The lowest BCUT2D eigenvalue weighted by Gasteiger charge is -2.42. The number of carbonyl (C=O) groups is 4. The minimum absolute atomic E-state index is 0.297. The minimum Gasteiger partial charge on any atom is -0.379 e. The van der Waals surface area contributed by atoms with Gasteiger partial charge >= 0.3 is 0 Å². The molecule has 204 valence electrons. The van der Waals surface area contributed by atoms with E-state index in [4.69, 9.17) is 5.73 Å². The van der Waals surface area contributed by atoms with Crippen molar-refractivity contribution in [3.63, 3.8) is 0 Å². The maximum atomic E-state index is 13.9. The zero-order valence-corrected chi connectivity index (χ0v) is 22.0. The van der Waals surface area contributed by atoms with Gasteiger partial charge in [-0.1, -0.05) is 36.4 Å². The molecule has 2 fully saturated rings.